The fourth-order valence-electron chi connectivity index (χ4n) is 2.94. The van der Waals surface area contributed by atoms with E-state index < -0.39 is 0 Å². The van der Waals surface area contributed by atoms with Crippen LogP contribution in [-0.2, 0) is 6.54 Å². The minimum absolute atomic E-state index is 0. The summed E-state index contributed by atoms with van der Waals surface area (Å²) in [6.07, 6.45) is 0. The van der Waals surface area contributed by atoms with Crippen LogP contribution in [0.3, 0.4) is 0 Å². The Morgan fingerprint density at radius 2 is 1.50 bits per heavy atom. The Labute approximate surface area is 100 Å². The summed E-state index contributed by atoms with van der Waals surface area (Å²) in [7, 11) is 0. The van der Waals surface area contributed by atoms with Crippen molar-refractivity contribution in [2.45, 2.75) is 6.54 Å². The second-order valence-electron chi connectivity index (χ2n) is 5.00. The first kappa shape index (κ1) is 11.7. The predicted molar refractivity (Wildman–Crippen MR) is 72.8 cm³/mol. The molecule has 0 aromatic heterocycles. The van der Waals surface area contributed by atoms with Crippen molar-refractivity contribution in [3.05, 3.63) is 35.9 Å². The zero-order valence-electron chi connectivity index (χ0n) is 9.23. The first-order valence-electron chi connectivity index (χ1n) is 5.98. The summed E-state index contributed by atoms with van der Waals surface area (Å²) in [5.41, 5.74) is 1.51. The SMILES string of the molecule is [BH4-].c1ccc(C[N+]23CCN(CC2)CC3)cc1. The second-order valence-corrected chi connectivity index (χ2v) is 5.00. The predicted octanol–water partition coefficient (Wildman–Crippen LogP) is -0.119. The number of benzene rings is 1. The van der Waals surface area contributed by atoms with Crippen molar-refractivity contribution in [2.24, 2.45) is 0 Å². The van der Waals surface area contributed by atoms with Crippen molar-refractivity contribution in [2.75, 3.05) is 39.3 Å². The van der Waals surface area contributed by atoms with E-state index in [1.807, 2.05) is 0 Å². The molecule has 1 aromatic rings. The summed E-state index contributed by atoms with van der Waals surface area (Å²) in [6, 6.07) is 11.0. The van der Waals surface area contributed by atoms with E-state index in [-0.39, 0.29) is 8.41 Å². The average molecular weight is 218 g/mol. The van der Waals surface area contributed by atoms with E-state index in [1.54, 1.807) is 0 Å². The first-order chi connectivity index (χ1) is 7.36. The lowest BCUT2D eigenvalue weighted by Crippen LogP contribution is -2.66. The Kier molecular flexibility index (Phi) is 3.36. The third-order valence-electron chi connectivity index (χ3n) is 4.03. The fraction of sp³-hybridized carbons (Fsp3) is 0.538. The molecule has 0 amide bonds. The summed E-state index contributed by atoms with van der Waals surface area (Å²) in [4.78, 5) is 2.60. The van der Waals surface area contributed by atoms with Crippen molar-refractivity contribution >= 4 is 8.41 Å². The van der Waals surface area contributed by atoms with Gasteiger partial charge in [-0.2, -0.15) is 0 Å². The second kappa shape index (κ2) is 4.60. The van der Waals surface area contributed by atoms with Gasteiger partial charge in [0.05, 0.1) is 19.6 Å². The molecule has 3 fully saturated rings. The Hall–Kier alpha value is -0.795. The maximum absolute atomic E-state index is 2.60. The third kappa shape index (κ3) is 2.16. The number of hydrogen-bond acceptors (Lipinski definition) is 1. The van der Waals surface area contributed by atoms with Crippen LogP contribution in [0.2, 0.25) is 0 Å². The van der Waals surface area contributed by atoms with Gasteiger partial charge in [0.25, 0.3) is 0 Å². The number of quaternary nitrogens is 1. The highest BCUT2D eigenvalue weighted by Crippen LogP contribution is 2.22. The van der Waals surface area contributed by atoms with Gasteiger partial charge in [-0.15, -0.1) is 0 Å². The lowest BCUT2D eigenvalue weighted by atomic mass is 10.1. The zero-order chi connectivity index (χ0) is 10.1. The molecule has 16 heavy (non-hydrogen) atoms. The summed E-state index contributed by atoms with van der Waals surface area (Å²) < 4.78 is 1.33. The van der Waals surface area contributed by atoms with Crippen LogP contribution >= 0.6 is 0 Å². The van der Waals surface area contributed by atoms with E-state index in [1.165, 1.54) is 55.9 Å². The van der Waals surface area contributed by atoms with Crippen LogP contribution < -0.4 is 0 Å². The summed E-state index contributed by atoms with van der Waals surface area (Å²) in [5.74, 6) is 0. The molecule has 0 N–H and O–H groups in total. The molecule has 0 saturated carbocycles. The van der Waals surface area contributed by atoms with Crippen LogP contribution in [-0.4, -0.2) is 57.1 Å². The van der Waals surface area contributed by atoms with Gasteiger partial charge < -0.3 is 4.48 Å². The molecule has 3 heterocycles. The molecule has 2 bridgehead atoms. The number of rotatable bonds is 2. The quantitative estimate of drug-likeness (QED) is 0.494. The zero-order valence-corrected chi connectivity index (χ0v) is 9.23. The van der Waals surface area contributed by atoms with Gasteiger partial charge in [-0.1, -0.05) is 38.7 Å². The maximum Gasteiger partial charge on any atom is 0.104 e. The third-order valence-corrected chi connectivity index (χ3v) is 4.03. The van der Waals surface area contributed by atoms with Gasteiger partial charge in [-0.05, 0) is 0 Å². The normalized spacial score (nSPS) is 32.1. The molecule has 0 radical (unpaired) electrons. The average Bonchev–Trinajstić information content (AvgIpc) is 2.32. The topological polar surface area (TPSA) is 3.24 Å². The molecule has 3 aliphatic heterocycles. The lowest BCUT2D eigenvalue weighted by molar-refractivity contribution is -0.953. The van der Waals surface area contributed by atoms with Crippen molar-refractivity contribution in [1.82, 2.24) is 4.90 Å². The van der Waals surface area contributed by atoms with Crippen molar-refractivity contribution < 1.29 is 4.48 Å². The van der Waals surface area contributed by atoms with Crippen LogP contribution in [0.5, 0.6) is 0 Å². The minimum atomic E-state index is 0. The van der Waals surface area contributed by atoms with Gasteiger partial charge in [0.2, 0.25) is 0 Å². The minimum Gasteiger partial charge on any atom is -0.317 e. The van der Waals surface area contributed by atoms with Gasteiger partial charge >= 0.3 is 0 Å². The molecule has 0 atom stereocenters. The van der Waals surface area contributed by atoms with Gasteiger partial charge in [-0.3, -0.25) is 4.90 Å². The van der Waals surface area contributed by atoms with Gasteiger partial charge in [-0.25, -0.2) is 0 Å². The molecule has 0 unspecified atom stereocenters. The Balaban J connectivity index is 0.000000963. The van der Waals surface area contributed by atoms with Gasteiger partial charge in [0.15, 0.2) is 0 Å². The van der Waals surface area contributed by atoms with E-state index in [9.17, 15) is 0 Å². The van der Waals surface area contributed by atoms with Crippen LogP contribution in [0.15, 0.2) is 30.3 Å². The number of piperazine rings is 3. The smallest absolute Gasteiger partial charge is 0.104 e. The molecule has 2 nitrogen and oxygen atoms in total. The molecular formula is C13H23BN2. The number of fused-ring (bicyclic) bond motifs is 3. The molecule has 88 valence electrons. The monoisotopic (exact) mass is 218 g/mol. The van der Waals surface area contributed by atoms with Gasteiger partial charge in [0, 0.05) is 25.2 Å². The highest BCUT2D eigenvalue weighted by molar-refractivity contribution is 5.75. The van der Waals surface area contributed by atoms with Crippen LogP contribution in [0.4, 0.5) is 0 Å². The van der Waals surface area contributed by atoms with Crippen LogP contribution in [0.1, 0.15) is 5.56 Å². The van der Waals surface area contributed by atoms with E-state index in [4.69, 9.17) is 0 Å². The summed E-state index contributed by atoms with van der Waals surface area (Å²) in [6.45, 7) is 9.25. The first-order valence-corrected chi connectivity index (χ1v) is 5.98. The molecule has 3 saturated heterocycles. The van der Waals surface area contributed by atoms with Crippen molar-refractivity contribution in [3.63, 3.8) is 0 Å². The molecule has 0 spiro atoms. The highest BCUT2D eigenvalue weighted by Gasteiger charge is 2.38. The molecule has 3 aliphatic rings. The number of hydrogen-bond donors (Lipinski definition) is 0. The molecule has 3 heteroatoms. The summed E-state index contributed by atoms with van der Waals surface area (Å²) >= 11 is 0. The maximum atomic E-state index is 2.60. The summed E-state index contributed by atoms with van der Waals surface area (Å²) in [5, 5.41) is 0. The van der Waals surface area contributed by atoms with E-state index >= 15 is 0 Å². The Morgan fingerprint density at radius 3 is 2.06 bits per heavy atom. The van der Waals surface area contributed by atoms with Crippen LogP contribution in [0.25, 0.3) is 0 Å². The Morgan fingerprint density at radius 1 is 0.938 bits per heavy atom. The van der Waals surface area contributed by atoms with Crippen LogP contribution in [0, 0.1) is 0 Å². The number of nitrogens with zero attached hydrogens (tertiary/aromatic N) is 2. The van der Waals surface area contributed by atoms with Crippen molar-refractivity contribution in [3.8, 4) is 0 Å². The Bertz CT molecular complexity index is 317. The largest absolute Gasteiger partial charge is 0.317 e. The molecule has 1 aromatic carbocycles. The van der Waals surface area contributed by atoms with Crippen molar-refractivity contribution in [1.29, 1.82) is 0 Å². The standard InChI is InChI=1S/C13H19N2.BH4/c1-2-4-13(5-3-1)12-15-9-6-14(7-10-15)8-11-15;/h1-5H,6-12H2;1H4/q+1;-1. The van der Waals surface area contributed by atoms with Gasteiger partial charge in [0.1, 0.15) is 6.54 Å². The van der Waals surface area contributed by atoms with E-state index in [2.05, 4.69) is 35.2 Å². The highest BCUT2D eigenvalue weighted by atomic mass is 15.4. The molecular weight excluding hydrogens is 195 g/mol. The lowest BCUT2D eigenvalue weighted by Gasteiger charge is -2.50. The van der Waals surface area contributed by atoms with E-state index in [0.717, 1.165) is 0 Å². The fourth-order valence-corrected chi connectivity index (χ4v) is 2.94. The van der Waals surface area contributed by atoms with E-state index in [0.29, 0.717) is 0 Å². The molecule has 4 rings (SSSR count). The molecule has 0 aliphatic carbocycles.